The van der Waals surface area contributed by atoms with Crippen LogP contribution in [0.3, 0.4) is 0 Å². The number of ether oxygens (including phenoxy) is 1. The molecule has 2 aliphatic rings. The van der Waals surface area contributed by atoms with Gasteiger partial charge in [-0.15, -0.1) is 0 Å². The van der Waals surface area contributed by atoms with Crippen molar-refractivity contribution < 1.29 is 14.6 Å². The van der Waals surface area contributed by atoms with Gasteiger partial charge in [0.15, 0.2) is 0 Å². The molecule has 2 aliphatic heterocycles. The molecule has 4 atom stereocenters. The zero-order chi connectivity index (χ0) is 17.3. The smallest absolute Gasteiger partial charge is 0.219 e. The maximum absolute atomic E-state index is 11.7. The molecule has 0 aromatic carbocycles. The molecule has 1 aromatic rings. The van der Waals surface area contributed by atoms with Gasteiger partial charge in [-0.05, 0) is 42.2 Å². The van der Waals surface area contributed by atoms with Crippen molar-refractivity contribution in [3.8, 4) is 0 Å². The Kier molecular flexibility index (Phi) is 5.30. The number of amides is 1. The number of aliphatic hydroxyl groups is 1. The first-order valence-electron chi connectivity index (χ1n) is 8.67. The first kappa shape index (κ1) is 17.9. The van der Waals surface area contributed by atoms with Crippen LogP contribution in [-0.2, 0) is 16.1 Å². The number of hydrogen-bond donors (Lipinski definition) is 1. The van der Waals surface area contributed by atoms with Gasteiger partial charge in [0.1, 0.15) is 0 Å². The van der Waals surface area contributed by atoms with Crippen LogP contribution in [0.5, 0.6) is 0 Å². The van der Waals surface area contributed by atoms with Crippen molar-refractivity contribution in [1.29, 1.82) is 0 Å². The molecule has 0 aliphatic carbocycles. The van der Waals surface area contributed by atoms with Crippen molar-refractivity contribution in [2.75, 3.05) is 26.7 Å². The van der Waals surface area contributed by atoms with Crippen LogP contribution in [0.25, 0.3) is 0 Å². The highest BCUT2D eigenvalue weighted by Crippen LogP contribution is 2.35. The van der Waals surface area contributed by atoms with Crippen molar-refractivity contribution in [3.63, 3.8) is 0 Å². The van der Waals surface area contributed by atoms with Gasteiger partial charge in [-0.25, -0.2) is 0 Å². The molecule has 0 bridgehead atoms. The molecular weight excluding hydrogens is 324 g/mol. The summed E-state index contributed by atoms with van der Waals surface area (Å²) >= 11 is 1.73. The fourth-order valence-corrected chi connectivity index (χ4v) is 4.76. The van der Waals surface area contributed by atoms with E-state index in [0.717, 1.165) is 26.1 Å². The van der Waals surface area contributed by atoms with E-state index in [1.807, 2.05) is 6.92 Å². The minimum Gasteiger partial charge on any atom is -0.388 e. The number of carbonyl (C=O) groups is 1. The zero-order valence-corrected chi connectivity index (χ0v) is 15.6. The van der Waals surface area contributed by atoms with E-state index >= 15 is 0 Å². The van der Waals surface area contributed by atoms with Crippen LogP contribution in [0.2, 0.25) is 0 Å². The molecule has 2 fully saturated rings. The van der Waals surface area contributed by atoms with Crippen LogP contribution in [0, 0.1) is 5.92 Å². The topological polar surface area (TPSA) is 53.0 Å². The lowest BCUT2D eigenvalue weighted by Crippen LogP contribution is -2.53. The van der Waals surface area contributed by atoms with Gasteiger partial charge in [0.25, 0.3) is 0 Å². The summed E-state index contributed by atoms with van der Waals surface area (Å²) in [6.07, 6.45) is 1.84. The number of fused-ring (bicyclic) bond motifs is 1. The van der Waals surface area contributed by atoms with Gasteiger partial charge in [-0.2, -0.15) is 11.3 Å². The largest absolute Gasteiger partial charge is 0.388 e. The highest BCUT2D eigenvalue weighted by atomic mass is 32.1. The summed E-state index contributed by atoms with van der Waals surface area (Å²) < 4.78 is 6.13. The minimum absolute atomic E-state index is 0.0344. The molecular formula is C18H28N2O3S. The van der Waals surface area contributed by atoms with Crippen LogP contribution in [0.4, 0.5) is 0 Å². The first-order chi connectivity index (χ1) is 11.4. The normalized spacial score (nSPS) is 34.4. The molecule has 0 spiro atoms. The highest BCUT2D eigenvalue weighted by molar-refractivity contribution is 7.07. The average Bonchev–Trinajstić information content (AvgIpc) is 2.96. The minimum atomic E-state index is -0.925. The highest BCUT2D eigenvalue weighted by Gasteiger charge is 2.45. The lowest BCUT2D eigenvalue weighted by Gasteiger charge is -2.40. The number of piperidine rings is 1. The molecule has 1 amide bonds. The van der Waals surface area contributed by atoms with E-state index in [1.54, 1.807) is 23.3 Å². The predicted octanol–water partition coefficient (Wildman–Crippen LogP) is 1.96. The Morgan fingerprint density at radius 3 is 3.04 bits per heavy atom. The lowest BCUT2D eigenvalue weighted by molar-refractivity contribution is -0.138. The Labute approximate surface area is 148 Å². The number of nitrogens with zero attached hydrogens (tertiary/aromatic N) is 2. The summed E-state index contributed by atoms with van der Waals surface area (Å²) in [5.74, 6) is 0.269. The fraction of sp³-hybridized carbons (Fsp3) is 0.722. The number of likely N-dealkylation sites (tertiary alicyclic amines) is 1. The average molecular weight is 353 g/mol. The Morgan fingerprint density at radius 1 is 1.58 bits per heavy atom. The van der Waals surface area contributed by atoms with E-state index in [-0.39, 0.29) is 18.1 Å². The lowest BCUT2D eigenvalue weighted by atomic mass is 9.82. The second-order valence-electron chi connectivity index (χ2n) is 7.49. The predicted molar refractivity (Wildman–Crippen MR) is 94.9 cm³/mol. The summed E-state index contributed by atoms with van der Waals surface area (Å²) in [5.41, 5.74) is 0.430. The molecule has 3 rings (SSSR count). The third kappa shape index (κ3) is 3.82. The molecule has 3 heterocycles. The number of carbonyl (C=O) groups excluding carboxylic acids is 1. The molecule has 0 unspecified atom stereocenters. The third-order valence-electron chi connectivity index (χ3n) is 5.56. The van der Waals surface area contributed by atoms with Crippen LogP contribution >= 0.6 is 11.3 Å². The molecule has 0 radical (unpaired) electrons. The van der Waals surface area contributed by atoms with Crippen LogP contribution in [0.15, 0.2) is 16.8 Å². The number of rotatable bonds is 3. The summed E-state index contributed by atoms with van der Waals surface area (Å²) in [6, 6.07) is 1.89. The van der Waals surface area contributed by atoms with Crippen LogP contribution in [0.1, 0.15) is 32.3 Å². The van der Waals surface area contributed by atoms with Gasteiger partial charge in [0, 0.05) is 39.5 Å². The van der Waals surface area contributed by atoms with E-state index in [9.17, 15) is 9.90 Å². The van der Waals surface area contributed by atoms with Crippen molar-refractivity contribution >= 4 is 17.2 Å². The number of thiophene rings is 1. The Balaban J connectivity index is 1.69. The summed E-state index contributed by atoms with van der Waals surface area (Å²) in [6.45, 7) is 6.72. The number of hydrogen-bond acceptors (Lipinski definition) is 5. The van der Waals surface area contributed by atoms with Crippen LogP contribution < -0.4 is 0 Å². The molecule has 6 heteroatoms. The molecule has 0 saturated carbocycles. The Hall–Kier alpha value is -0.950. The van der Waals surface area contributed by atoms with E-state index in [4.69, 9.17) is 4.74 Å². The molecule has 1 aromatic heterocycles. The standard InChI is InChI=1S/C18H28N2O3S/c1-13(21)19(3)17-11-23-16-4-6-20(9-14-5-7-24-12-14)10-15(16)8-18(17,2)22/h5,7,12,15-17,22H,4,6,8-11H2,1-3H3/t15-,16+,17+,18+/m0/s1. The molecule has 2 saturated heterocycles. The quantitative estimate of drug-likeness (QED) is 0.903. The second kappa shape index (κ2) is 7.12. The van der Waals surface area contributed by atoms with Gasteiger partial charge in [0.05, 0.1) is 24.4 Å². The monoisotopic (exact) mass is 352 g/mol. The second-order valence-corrected chi connectivity index (χ2v) is 8.27. The third-order valence-corrected chi connectivity index (χ3v) is 6.29. The summed E-state index contributed by atoms with van der Waals surface area (Å²) in [7, 11) is 1.75. The van der Waals surface area contributed by atoms with Crippen LogP contribution in [-0.4, -0.2) is 65.3 Å². The van der Waals surface area contributed by atoms with Gasteiger partial charge >= 0.3 is 0 Å². The van der Waals surface area contributed by atoms with Gasteiger partial charge < -0.3 is 14.7 Å². The maximum Gasteiger partial charge on any atom is 0.219 e. The van der Waals surface area contributed by atoms with Crippen molar-refractivity contribution in [2.45, 2.75) is 51.0 Å². The van der Waals surface area contributed by atoms with E-state index in [2.05, 4.69) is 21.7 Å². The van der Waals surface area contributed by atoms with Crippen molar-refractivity contribution in [3.05, 3.63) is 22.4 Å². The Bertz CT molecular complexity index is 561. The summed E-state index contributed by atoms with van der Waals surface area (Å²) in [4.78, 5) is 15.8. The molecule has 1 N–H and O–H groups in total. The number of likely N-dealkylation sites (N-methyl/N-ethyl adjacent to an activating group) is 1. The van der Waals surface area contributed by atoms with E-state index in [0.29, 0.717) is 18.9 Å². The molecule has 134 valence electrons. The zero-order valence-electron chi connectivity index (χ0n) is 14.8. The van der Waals surface area contributed by atoms with Crippen molar-refractivity contribution in [1.82, 2.24) is 9.80 Å². The SMILES string of the molecule is CC(=O)N(C)[C@@H]1CO[C@@H]2CCN(Cc3ccsc3)C[C@@H]2C[C@@]1(C)O. The molecule has 5 nitrogen and oxygen atoms in total. The van der Waals surface area contributed by atoms with Crippen molar-refractivity contribution in [2.24, 2.45) is 5.92 Å². The fourth-order valence-electron chi connectivity index (χ4n) is 4.10. The van der Waals surface area contributed by atoms with Gasteiger partial charge in [0.2, 0.25) is 5.91 Å². The van der Waals surface area contributed by atoms with Gasteiger partial charge in [-0.1, -0.05) is 0 Å². The first-order valence-corrected chi connectivity index (χ1v) is 9.62. The van der Waals surface area contributed by atoms with Gasteiger partial charge in [-0.3, -0.25) is 9.69 Å². The van der Waals surface area contributed by atoms with E-state index in [1.165, 1.54) is 12.5 Å². The molecule has 24 heavy (non-hydrogen) atoms. The van der Waals surface area contributed by atoms with E-state index < -0.39 is 5.60 Å². The maximum atomic E-state index is 11.7. The summed E-state index contributed by atoms with van der Waals surface area (Å²) in [5, 5.41) is 15.3. The Morgan fingerprint density at radius 2 is 2.38 bits per heavy atom.